The van der Waals surface area contributed by atoms with Crippen molar-refractivity contribution in [1.82, 2.24) is 25.0 Å². The minimum absolute atomic E-state index is 0.0555. The first kappa shape index (κ1) is 19.9. The molecule has 0 aliphatic heterocycles. The SMILES string of the molecule is CCNC(=NCc1cc(Cl)ccc1OC(F)F)N(C)Cc1ncnn1C. The van der Waals surface area contributed by atoms with E-state index in [1.165, 1.54) is 18.5 Å². The lowest BCUT2D eigenvalue weighted by Gasteiger charge is -2.21. The molecule has 1 N–H and O–H groups in total. The van der Waals surface area contributed by atoms with E-state index in [0.717, 1.165) is 5.82 Å². The van der Waals surface area contributed by atoms with E-state index in [2.05, 4.69) is 25.1 Å². The summed E-state index contributed by atoms with van der Waals surface area (Å²) in [6.07, 6.45) is 1.48. The summed E-state index contributed by atoms with van der Waals surface area (Å²) in [6.45, 7) is 0.298. The lowest BCUT2D eigenvalue weighted by molar-refractivity contribution is -0.0504. The van der Waals surface area contributed by atoms with Crippen molar-refractivity contribution in [3.05, 3.63) is 40.9 Å². The lowest BCUT2D eigenvalue weighted by atomic mass is 10.2. The van der Waals surface area contributed by atoms with E-state index in [9.17, 15) is 8.78 Å². The summed E-state index contributed by atoms with van der Waals surface area (Å²) in [5.41, 5.74) is 0.472. The molecule has 142 valence electrons. The summed E-state index contributed by atoms with van der Waals surface area (Å²) >= 11 is 5.97. The van der Waals surface area contributed by atoms with Crippen LogP contribution in [0.4, 0.5) is 8.78 Å². The van der Waals surface area contributed by atoms with Gasteiger partial charge in [0.05, 0.1) is 13.1 Å². The molecule has 0 saturated heterocycles. The second-order valence-electron chi connectivity index (χ2n) is 5.46. The van der Waals surface area contributed by atoms with Crippen LogP contribution in [0.5, 0.6) is 5.75 Å². The van der Waals surface area contributed by atoms with Crippen molar-refractivity contribution in [1.29, 1.82) is 0 Å². The molecule has 2 rings (SSSR count). The molecule has 0 spiro atoms. The average Bonchev–Trinajstić information content (AvgIpc) is 2.98. The number of ether oxygens (including phenoxy) is 1. The summed E-state index contributed by atoms with van der Waals surface area (Å²) in [6, 6.07) is 4.47. The fraction of sp³-hybridized carbons (Fsp3) is 0.438. The zero-order valence-electron chi connectivity index (χ0n) is 14.8. The summed E-state index contributed by atoms with van der Waals surface area (Å²) in [4.78, 5) is 10.5. The van der Waals surface area contributed by atoms with Crippen LogP contribution in [-0.4, -0.2) is 45.8 Å². The number of nitrogens with zero attached hydrogens (tertiary/aromatic N) is 5. The minimum Gasteiger partial charge on any atom is -0.434 e. The first-order chi connectivity index (χ1) is 12.4. The van der Waals surface area contributed by atoms with Gasteiger partial charge in [0.15, 0.2) is 5.96 Å². The number of aliphatic imine (C=N–C) groups is 1. The van der Waals surface area contributed by atoms with E-state index in [-0.39, 0.29) is 12.3 Å². The topological polar surface area (TPSA) is 67.6 Å². The predicted octanol–water partition coefficient (Wildman–Crippen LogP) is 2.67. The van der Waals surface area contributed by atoms with Crippen LogP contribution in [0.15, 0.2) is 29.5 Å². The molecule has 26 heavy (non-hydrogen) atoms. The highest BCUT2D eigenvalue weighted by Crippen LogP contribution is 2.25. The largest absolute Gasteiger partial charge is 0.434 e. The van der Waals surface area contributed by atoms with Crippen LogP contribution < -0.4 is 10.1 Å². The zero-order chi connectivity index (χ0) is 19.1. The second kappa shape index (κ2) is 9.33. The van der Waals surface area contributed by atoms with Crippen LogP contribution in [-0.2, 0) is 20.1 Å². The summed E-state index contributed by atoms with van der Waals surface area (Å²) in [5, 5.41) is 7.61. The van der Waals surface area contributed by atoms with E-state index in [0.29, 0.717) is 29.6 Å². The van der Waals surface area contributed by atoms with E-state index < -0.39 is 6.61 Å². The van der Waals surface area contributed by atoms with Gasteiger partial charge in [-0.3, -0.25) is 4.68 Å². The van der Waals surface area contributed by atoms with Gasteiger partial charge in [0.2, 0.25) is 0 Å². The molecule has 0 amide bonds. The maximum absolute atomic E-state index is 12.6. The minimum atomic E-state index is -2.91. The normalized spacial score (nSPS) is 11.7. The Kier molecular flexibility index (Phi) is 7.14. The van der Waals surface area contributed by atoms with E-state index in [1.54, 1.807) is 17.8 Å². The van der Waals surface area contributed by atoms with Crippen molar-refractivity contribution >= 4 is 17.6 Å². The van der Waals surface area contributed by atoms with E-state index in [1.807, 2.05) is 18.9 Å². The van der Waals surface area contributed by atoms with Crippen LogP contribution in [0.2, 0.25) is 5.02 Å². The van der Waals surface area contributed by atoms with Gasteiger partial charge in [-0.2, -0.15) is 13.9 Å². The van der Waals surface area contributed by atoms with Gasteiger partial charge >= 0.3 is 6.61 Å². The van der Waals surface area contributed by atoms with Crippen molar-refractivity contribution in [2.75, 3.05) is 13.6 Å². The molecule has 0 radical (unpaired) electrons. The molecule has 1 aromatic heterocycles. The number of aromatic nitrogens is 3. The van der Waals surface area contributed by atoms with Gasteiger partial charge in [0, 0.05) is 31.2 Å². The monoisotopic (exact) mass is 386 g/mol. The third-order valence-electron chi connectivity index (χ3n) is 3.52. The molecular formula is C16H21ClF2N6O. The van der Waals surface area contributed by atoms with Gasteiger partial charge in [-0.25, -0.2) is 9.98 Å². The van der Waals surface area contributed by atoms with Gasteiger partial charge in [-0.15, -0.1) is 0 Å². The van der Waals surface area contributed by atoms with Crippen molar-refractivity contribution in [2.45, 2.75) is 26.6 Å². The summed E-state index contributed by atoms with van der Waals surface area (Å²) < 4.78 is 31.4. The molecule has 7 nitrogen and oxygen atoms in total. The summed E-state index contributed by atoms with van der Waals surface area (Å²) in [5.74, 6) is 1.42. The molecule has 0 atom stereocenters. The Labute approximate surface area is 155 Å². The van der Waals surface area contributed by atoms with Crippen molar-refractivity contribution in [3.8, 4) is 5.75 Å². The molecule has 0 bridgehead atoms. The van der Waals surface area contributed by atoms with Crippen LogP contribution in [0.3, 0.4) is 0 Å². The molecule has 10 heteroatoms. The number of halogens is 3. The third kappa shape index (κ3) is 5.55. The number of alkyl halides is 2. The smallest absolute Gasteiger partial charge is 0.387 e. The van der Waals surface area contributed by atoms with Crippen molar-refractivity contribution in [3.63, 3.8) is 0 Å². The maximum atomic E-state index is 12.6. The molecule has 2 aromatic rings. The fourth-order valence-electron chi connectivity index (χ4n) is 2.26. The Balaban J connectivity index is 2.18. The molecule has 0 fully saturated rings. The first-order valence-electron chi connectivity index (χ1n) is 7.96. The number of rotatable bonds is 7. The van der Waals surface area contributed by atoms with Gasteiger partial charge < -0.3 is 15.0 Å². The Morgan fingerprint density at radius 3 is 2.85 bits per heavy atom. The lowest BCUT2D eigenvalue weighted by Crippen LogP contribution is -2.39. The highest BCUT2D eigenvalue weighted by atomic mass is 35.5. The number of hydrogen-bond donors (Lipinski definition) is 1. The molecule has 0 saturated carbocycles. The van der Waals surface area contributed by atoms with Crippen molar-refractivity contribution in [2.24, 2.45) is 12.0 Å². The Morgan fingerprint density at radius 2 is 2.23 bits per heavy atom. The van der Waals surface area contributed by atoms with Gasteiger partial charge in [0.1, 0.15) is 17.9 Å². The highest BCUT2D eigenvalue weighted by Gasteiger charge is 2.13. The first-order valence-corrected chi connectivity index (χ1v) is 8.34. The number of nitrogens with one attached hydrogen (secondary N) is 1. The second-order valence-corrected chi connectivity index (χ2v) is 5.89. The predicted molar refractivity (Wildman–Crippen MR) is 95.4 cm³/mol. The number of hydrogen-bond acceptors (Lipinski definition) is 4. The van der Waals surface area contributed by atoms with Gasteiger partial charge in [0.25, 0.3) is 0 Å². The standard InChI is InChI=1S/C16H21ClF2N6O/c1-4-20-16(24(2)9-14-22-10-23-25(14)3)21-8-11-7-12(17)5-6-13(11)26-15(18)19/h5-7,10,15H,4,8-9H2,1-3H3,(H,20,21). The molecule has 0 aliphatic rings. The quantitative estimate of drug-likeness (QED) is 0.585. The highest BCUT2D eigenvalue weighted by molar-refractivity contribution is 6.30. The zero-order valence-corrected chi connectivity index (χ0v) is 15.5. The van der Waals surface area contributed by atoms with E-state index >= 15 is 0 Å². The molecule has 0 aliphatic carbocycles. The molecule has 1 aromatic carbocycles. The van der Waals surface area contributed by atoms with Crippen molar-refractivity contribution < 1.29 is 13.5 Å². The molecular weight excluding hydrogens is 366 g/mol. The maximum Gasteiger partial charge on any atom is 0.387 e. The molecule has 1 heterocycles. The molecule has 0 unspecified atom stereocenters. The van der Waals surface area contributed by atoms with Crippen LogP contribution in [0, 0.1) is 0 Å². The van der Waals surface area contributed by atoms with Gasteiger partial charge in [-0.1, -0.05) is 11.6 Å². The Morgan fingerprint density at radius 1 is 1.46 bits per heavy atom. The van der Waals surface area contributed by atoms with Crippen LogP contribution in [0.1, 0.15) is 18.3 Å². The number of guanidine groups is 1. The third-order valence-corrected chi connectivity index (χ3v) is 3.75. The summed E-state index contributed by atoms with van der Waals surface area (Å²) in [7, 11) is 3.66. The van der Waals surface area contributed by atoms with E-state index in [4.69, 9.17) is 11.6 Å². The van der Waals surface area contributed by atoms with Crippen LogP contribution >= 0.6 is 11.6 Å². The fourth-order valence-corrected chi connectivity index (χ4v) is 2.46. The number of benzene rings is 1. The Bertz CT molecular complexity index is 752. The average molecular weight is 387 g/mol. The Hall–Kier alpha value is -2.42. The number of aryl methyl sites for hydroxylation is 1. The van der Waals surface area contributed by atoms with Gasteiger partial charge in [-0.05, 0) is 25.1 Å². The van der Waals surface area contributed by atoms with Crippen LogP contribution in [0.25, 0.3) is 0 Å².